The fourth-order valence-electron chi connectivity index (χ4n) is 9.67. The molecule has 4 aromatic heterocycles. The zero-order chi connectivity index (χ0) is 40.1. The van der Waals surface area contributed by atoms with Crippen LogP contribution in [0.25, 0.3) is 96.5 Å². The highest BCUT2D eigenvalue weighted by Crippen LogP contribution is 2.52. The van der Waals surface area contributed by atoms with Gasteiger partial charge in [-0.2, -0.15) is 8.75 Å². The first kappa shape index (κ1) is 37.8. The van der Waals surface area contributed by atoms with E-state index >= 15 is 0 Å². The standard InChI is InChI=1S/C50H51N5S3/c1-7-8-9-10-11-12-15-28(2)55-37-26-35(31-18-13-16-29-30-17-14-19-32-36(49(3,4)51)27-38(55)46(44(30)32)45(37)43(29)31)41-23-22-39(56-41)33-20-21-34(48-47(33)53-58-54-48)40-24-25-42(57-40)50(5,6)52/h13-14,16-28H,7-12,15,51-52H2,1-6H3. The summed E-state index contributed by atoms with van der Waals surface area (Å²) in [5, 5.41) is 10.7. The topological polar surface area (TPSA) is 82.8 Å². The molecule has 10 rings (SSSR count). The molecule has 0 saturated carbocycles. The van der Waals surface area contributed by atoms with Crippen LogP contribution in [-0.2, 0) is 11.1 Å². The minimum absolute atomic E-state index is 0.332. The summed E-state index contributed by atoms with van der Waals surface area (Å²) in [6.07, 6.45) is 8.93. The van der Waals surface area contributed by atoms with Crippen LogP contribution in [0.15, 0.2) is 84.9 Å². The smallest absolute Gasteiger partial charge is 0.114 e. The Bertz CT molecular complexity index is 3110. The molecule has 0 saturated heterocycles. The third-order valence-corrected chi connectivity index (χ3v) is 15.7. The summed E-state index contributed by atoms with van der Waals surface area (Å²) in [6.45, 7) is 13.2. The molecule has 0 bridgehead atoms. The van der Waals surface area contributed by atoms with Gasteiger partial charge in [-0.05, 0) is 110 Å². The third kappa shape index (κ3) is 5.97. The lowest BCUT2D eigenvalue weighted by atomic mass is 9.83. The molecule has 0 aliphatic carbocycles. The van der Waals surface area contributed by atoms with Crippen molar-refractivity contribution in [3.63, 3.8) is 0 Å². The number of nitrogens with zero attached hydrogens (tertiary/aromatic N) is 3. The van der Waals surface area contributed by atoms with E-state index in [1.165, 1.54) is 130 Å². The Morgan fingerprint density at radius 2 is 1.14 bits per heavy atom. The van der Waals surface area contributed by atoms with Crippen molar-refractivity contribution in [3.8, 4) is 31.3 Å². The molecule has 294 valence electrons. The molecular weight excluding hydrogens is 767 g/mol. The van der Waals surface area contributed by atoms with Crippen molar-refractivity contribution in [2.24, 2.45) is 11.5 Å². The highest BCUT2D eigenvalue weighted by atomic mass is 32.1. The molecule has 1 atom stereocenters. The number of fused-ring (bicyclic) bond motifs is 2. The van der Waals surface area contributed by atoms with Gasteiger partial charge in [-0.3, -0.25) is 0 Å². The van der Waals surface area contributed by atoms with Crippen molar-refractivity contribution in [1.29, 1.82) is 0 Å². The summed E-state index contributed by atoms with van der Waals surface area (Å²) < 4.78 is 12.4. The van der Waals surface area contributed by atoms with Gasteiger partial charge in [0.05, 0.1) is 22.8 Å². The maximum absolute atomic E-state index is 7.03. The quantitative estimate of drug-likeness (QED) is 0.0690. The molecule has 58 heavy (non-hydrogen) atoms. The minimum Gasteiger partial charge on any atom is -0.338 e. The largest absolute Gasteiger partial charge is 0.338 e. The summed E-state index contributed by atoms with van der Waals surface area (Å²) in [6, 6.07) is 32.4. The Morgan fingerprint density at radius 1 is 0.586 bits per heavy atom. The molecule has 10 aromatic rings. The average Bonchev–Trinajstić information content (AvgIpc) is 4.03. The number of aromatic nitrogens is 3. The van der Waals surface area contributed by atoms with Crippen LogP contribution in [0.5, 0.6) is 0 Å². The highest BCUT2D eigenvalue weighted by Gasteiger charge is 2.29. The van der Waals surface area contributed by atoms with Gasteiger partial charge >= 0.3 is 0 Å². The summed E-state index contributed by atoms with van der Waals surface area (Å²) in [7, 11) is 0. The Hall–Kier alpha value is -4.44. The monoisotopic (exact) mass is 817 g/mol. The molecule has 0 spiro atoms. The van der Waals surface area contributed by atoms with E-state index < -0.39 is 5.54 Å². The van der Waals surface area contributed by atoms with E-state index in [2.05, 4.69) is 131 Å². The number of hydrogen-bond donors (Lipinski definition) is 2. The Labute approximate surface area is 352 Å². The molecule has 1 unspecified atom stereocenters. The molecule has 0 fully saturated rings. The zero-order valence-electron chi connectivity index (χ0n) is 34.3. The fourth-order valence-corrected chi connectivity index (χ4v) is 12.4. The SMILES string of the molecule is CCCCCCCCC(C)n1c2cc(-c3ccc(-c4ccc(-c5ccc(C(C)(C)N)s5)c5nsnc45)s3)c3cccc4c5cccc6c(C(C)(C)N)cc1c(c65)c2c34. The lowest BCUT2D eigenvalue weighted by molar-refractivity contribution is 0.486. The maximum Gasteiger partial charge on any atom is 0.114 e. The van der Waals surface area contributed by atoms with Gasteiger partial charge in [-0.25, -0.2) is 0 Å². The summed E-state index contributed by atoms with van der Waals surface area (Å²) in [5.74, 6) is 0. The Balaban J connectivity index is 1.16. The second-order valence-electron chi connectivity index (χ2n) is 17.8. The first-order valence-electron chi connectivity index (χ1n) is 21.0. The third-order valence-electron chi connectivity index (χ3n) is 12.5. The van der Waals surface area contributed by atoms with Gasteiger partial charge in [0.25, 0.3) is 0 Å². The van der Waals surface area contributed by atoms with E-state index in [0.717, 1.165) is 33.5 Å². The van der Waals surface area contributed by atoms with E-state index in [-0.39, 0.29) is 5.54 Å². The van der Waals surface area contributed by atoms with E-state index in [4.69, 9.17) is 20.2 Å². The molecule has 0 amide bonds. The van der Waals surface area contributed by atoms with Crippen molar-refractivity contribution < 1.29 is 0 Å². The van der Waals surface area contributed by atoms with Gasteiger partial charge in [0, 0.05) is 69.5 Å². The number of hydrogen-bond acceptors (Lipinski definition) is 7. The molecule has 6 aromatic carbocycles. The number of rotatable bonds is 13. The van der Waals surface area contributed by atoms with Crippen LogP contribution in [0.1, 0.15) is 103 Å². The first-order chi connectivity index (χ1) is 27.9. The molecule has 8 heteroatoms. The number of benzene rings is 6. The number of thiophene rings is 2. The zero-order valence-corrected chi connectivity index (χ0v) is 36.8. The van der Waals surface area contributed by atoms with Crippen LogP contribution in [0.2, 0.25) is 0 Å². The van der Waals surface area contributed by atoms with Gasteiger partial charge in [0.2, 0.25) is 0 Å². The number of nitrogens with two attached hydrogens (primary N) is 2. The molecule has 0 aliphatic heterocycles. The van der Waals surface area contributed by atoms with Crippen molar-refractivity contribution >= 4 is 99.6 Å². The van der Waals surface area contributed by atoms with E-state index in [9.17, 15) is 0 Å². The molecule has 0 aliphatic rings. The molecule has 4 heterocycles. The van der Waals surface area contributed by atoms with Crippen LogP contribution in [-0.4, -0.2) is 13.3 Å². The normalized spacial score (nSPS) is 13.6. The van der Waals surface area contributed by atoms with Crippen LogP contribution < -0.4 is 11.5 Å². The molecule has 0 radical (unpaired) electrons. The lowest BCUT2D eigenvalue weighted by Gasteiger charge is -2.24. The lowest BCUT2D eigenvalue weighted by Crippen LogP contribution is -2.29. The van der Waals surface area contributed by atoms with Crippen LogP contribution in [0.4, 0.5) is 0 Å². The fraction of sp³-hybridized carbons (Fsp3) is 0.320. The second-order valence-corrected chi connectivity index (χ2v) is 20.5. The second kappa shape index (κ2) is 14.1. The van der Waals surface area contributed by atoms with Crippen molar-refractivity contribution in [2.75, 3.05) is 0 Å². The first-order valence-corrected chi connectivity index (χ1v) is 23.3. The molecular formula is C50H51N5S3. The molecule has 4 N–H and O–H groups in total. The Morgan fingerprint density at radius 3 is 1.78 bits per heavy atom. The van der Waals surface area contributed by atoms with Crippen molar-refractivity contribution in [2.45, 2.75) is 104 Å². The summed E-state index contributed by atoms with van der Waals surface area (Å²) in [5.41, 5.74) is 21.9. The Kier molecular flexibility index (Phi) is 9.19. The predicted octanol–water partition coefficient (Wildman–Crippen LogP) is 15.0. The van der Waals surface area contributed by atoms with Gasteiger partial charge in [-0.1, -0.05) is 94.0 Å². The van der Waals surface area contributed by atoms with Crippen molar-refractivity contribution in [3.05, 3.63) is 95.4 Å². The molecule has 5 nitrogen and oxygen atoms in total. The summed E-state index contributed by atoms with van der Waals surface area (Å²) >= 11 is 4.88. The van der Waals surface area contributed by atoms with E-state index in [1.54, 1.807) is 11.3 Å². The average molecular weight is 818 g/mol. The van der Waals surface area contributed by atoms with Crippen molar-refractivity contribution in [1.82, 2.24) is 13.3 Å². The van der Waals surface area contributed by atoms with Gasteiger partial charge in [-0.15, -0.1) is 22.7 Å². The van der Waals surface area contributed by atoms with Gasteiger partial charge in [0.15, 0.2) is 0 Å². The van der Waals surface area contributed by atoms with Crippen LogP contribution >= 0.6 is 34.4 Å². The highest BCUT2D eigenvalue weighted by molar-refractivity contribution is 7.19. The van der Waals surface area contributed by atoms with Gasteiger partial charge < -0.3 is 16.0 Å². The minimum atomic E-state index is -0.494. The van der Waals surface area contributed by atoms with Gasteiger partial charge in [0.1, 0.15) is 11.0 Å². The van der Waals surface area contributed by atoms with Crippen LogP contribution in [0, 0.1) is 0 Å². The maximum atomic E-state index is 7.03. The summed E-state index contributed by atoms with van der Waals surface area (Å²) in [4.78, 5) is 4.79. The predicted molar refractivity (Wildman–Crippen MR) is 254 cm³/mol. The number of unbranched alkanes of at least 4 members (excludes halogenated alkanes) is 5. The van der Waals surface area contributed by atoms with Crippen LogP contribution in [0.3, 0.4) is 0 Å². The van der Waals surface area contributed by atoms with E-state index in [1.807, 2.05) is 11.3 Å². The van der Waals surface area contributed by atoms with E-state index in [0.29, 0.717) is 6.04 Å².